The van der Waals surface area contributed by atoms with E-state index in [9.17, 15) is 5.11 Å². The summed E-state index contributed by atoms with van der Waals surface area (Å²) in [6, 6.07) is 0.752. The van der Waals surface area contributed by atoms with E-state index in [2.05, 4.69) is 20.1 Å². The van der Waals surface area contributed by atoms with Crippen LogP contribution in [0.3, 0.4) is 0 Å². The number of β-amino-alcohol motifs (C(OH)–C–C–N with tert-alkyl or cyclic N) is 1. The molecule has 2 fully saturated rings. The fourth-order valence-corrected chi connectivity index (χ4v) is 2.88. The highest BCUT2D eigenvalue weighted by Crippen LogP contribution is 2.32. The summed E-state index contributed by atoms with van der Waals surface area (Å²) in [5.74, 6) is 1.00. The minimum Gasteiger partial charge on any atom is -0.392 e. The maximum absolute atomic E-state index is 9.53. The van der Waals surface area contributed by atoms with Gasteiger partial charge in [-0.15, -0.1) is 10.2 Å². The first-order valence-electron chi connectivity index (χ1n) is 6.15. The summed E-state index contributed by atoms with van der Waals surface area (Å²) in [5.41, 5.74) is 0. The fourth-order valence-electron chi connectivity index (χ4n) is 2.88. The van der Waals surface area contributed by atoms with Crippen molar-refractivity contribution in [3.8, 4) is 0 Å². The molecular weight excluding hydrogens is 204 g/mol. The molecule has 1 saturated carbocycles. The van der Waals surface area contributed by atoms with Crippen LogP contribution in [0.2, 0.25) is 0 Å². The molecule has 1 aliphatic carbocycles. The van der Waals surface area contributed by atoms with Crippen LogP contribution in [0.1, 0.15) is 50.0 Å². The van der Waals surface area contributed by atoms with E-state index in [-0.39, 0.29) is 12.1 Å². The number of aromatic nitrogens is 3. The Morgan fingerprint density at radius 1 is 1.38 bits per heavy atom. The molecule has 2 N–H and O–H groups in total. The average molecular weight is 222 g/mol. The standard InChI is InChI=1S/C11H18N4O/c16-9-5-10(12-6-9)11-14-13-7-15(11)8-3-1-2-4-8/h7-10,12,16H,1-6H2/t9-,10-/m0/s1. The zero-order valence-electron chi connectivity index (χ0n) is 9.34. The Balaban J connectivity index is 1.81. The molecule has 1 aromatic rings. The van der Waals surface area contributed by atoms with Crippen LogP contribution in [0.4, 0.5) is 0 Å². The van der Waals surface area contributed by atoms with Crippen molar-refractivity contribution in [3.05, 3.63) is 12.2 Å². The highest BCUT2D eigenvalue weighted by atomic mass is 16.3. The van der Waals surface area contributed by atoms with E-state index in [1.54, 1.807) is 0 Å². The first-order valence-corrected chi connectivity index (χ1v) is 6.15. The zero-order chi connectivity index (χ0) is 11.0. The minimum atomic E-state index is -0.237. The molecule has 1 saturated heterocycles. The van der Waals surface area contributed by atoms with Crippen molar-refractivity contribution in [1.29, 1.82) is 0 Å². The SMILES string of the molecule is O[C@@H]1CN[C@H](c2nncn2C2CCCC2)C1. The molecule has 0 amide bonds. The molecule has 16 heavy (non-hydrogen) atoms. The molecule has 0 bridgehead atoms. The molecule has 2 atom stereocenters. The van der Waals surface area contributed by atoms with Gasteiger partial charge in [0.1, 0.15) is 12.2 Å². The van der Waals surface area contributed by atoms with E-state index >= 15 is 0 Å². The van der Waals surface area contributed by atoms with Crippen molar-refractivity contribution in [1.82, 2.24) is 20.1 Å². The van der Waals surface area contributed by atoms with Crippen LogP contribution in [0.5, 0.6) is 0 Å². The molecule has 2 aliphatic rings. The van der Waals surface area contributed by atoms with Crippen LogP contribution in [-0.4, -0.2) is 32.5 Å². The van der Waals surface area contributed by atoms with Crippen molar-refractivity contribution >= 4 is 0 Å². The van der Waals surface area contributed by atoms with Crippen LogP contribution in [0.15, 0.2) is 6.33 Å². The van der Waals surface area contributed by atoms with Crippen LogP contribution in [-0.2, 0) is 0 Å². The highest BCUT2D eigenvalue weighted by molar-refractivity contribution is 5.02. The number of hydrogen-bond acceptors (Lipinski definition) is 4. The van der Waals surface area contributed by atoms with Crippen molar-refractivity contribution in [3.63, 3.8) is 0 Å². The first kappa shape index (κ1) is 10.2. The smallest absolute Gasteiger partial charge is 0.150 e. The van der Waals surface area contributed by atoms with Gasteiger partial charge in [-0.1, -0.05) is 12.8 Å². The summed E-state index contributed by atoms with van der Waals surface area (Å²) in [4.78, 5) is 0. The topological polar surface area (TPSA) is 63.0 Å². The third-order valence-electron chi connectivity index (χ3n) is 3.74. The molecule has 3 rings (SSSR count). The lowest BCUT2D eigenvalue weighted by atomic mass is 10.1. The second-order valence-electron chi connectivity index (χ2n) is 4.89. The zero-order valence-corrected chi connectivity index (χ0v) is 9.34. The average Bonchev–Trinajstić information content (AvgIpc) is 2.96. The Hall–Kier alpha value is -0.940. The van der Waals surface area contributed by atoms with Gasteiger partial charge in [-0.25, -0.2) is 0 Å². The monoisotopic (exact) mass is 222 g/mol. The molecule has 0 aromatic carbocycles. The maximum atomic E-state index is 9.53. The predicted molar refractivity (Wildman–Crippen MR) is 58.9 cm³/mol. The predicted octanol–water partition coefficient (Wildman–Crippen LogP) is 0.788. The molecule has 5 heteroatoms. The second-order valence-corrected chi connectivity index (χ2v) is 4.89. The largest absolute Gasteiger partial charge is 0.392 e. The van der Waals surface area contributed by atoms with Crippen molar-refractivity contribution < 1.29 is 5.11 Å². The van der Waals surface area contributed by atoms with Gasteiger partial charge >= 0.3 is 0 Å². The first-order chi connectivity index (χ1) is 7.84. The van der Waals surface area contributed by atoms with Gasteiger partial charge in [0.15, 0.2) is 0 Å². The van der Waals surface area contributed by atoms with E-state index in [1.807, 2.05) is 6.33 Å². The Labute approximate surface area is 94.9 Å². The number of nitrogens with one attached hydrogen (secondary N) is 1. The molecule has 88 valence electrons. The molecule has 0 spiro atoms. The highest BCUT2D eigenvalue weighted by Gasteiger charge is 2.29. The van der Waals surface area contributed by atoms with Crippen LogP contribution < -0.4 is 5.32 Å². The normalized spacial score (nSPS) is 31.3. The molecule has 0 unspecified atom stereocenters. The van der Waals surface area contributed by atoms with Gasteiger partial charge in [0.25, 0.3) is 0 Å². The summed E-state index contributed by atoms with van der Waals surface area (Å²) >= 11 is 0. The Bertz CT molecular complexity index is 359. The Kier molecular flexibility index (Phi) is 2.65. The second kappa shape index (κ2) is 4.14. The van der Waals surface area contributed by atoms with Gasteiger partial charge in [-0.05, 0) is 19.3 Å². The molecule has 2 heterocycles. The van der Waals surface area contributed by atoms with E-state index in [0.717, 1.165) is 12.2 Å². The van der Waals surface area contributed by atoms with E-state index in [0.29, 0.717) is 12.6 Å². The van der Waals surface area contributed by atoms with Gasteiger partial charge in [-0.2, -0.15) is 0 Å². The summed E-state index contributed by atoms with van der Waals surface area (Å²) in [5, 5.41) is 21.1. The summed E-state index contributed by atoms with van der Waals surface area (Å²) in [7, 11) is 0. The lowest BCUT2D eigenvalue weighted by molar-refractivity contribution is 0.192. The molecule has 0 radical (unpaired) electrons. The summed E-state index contributed by atoms with van der Waals surface area (Å²) in [6.07, 6.45) is 7.45. The lowest BCUT2D eigenvalue weighted by Crippen LogP contribution is -2.20. The molecule has 1 aliphatic heterocycles. The lowest BCUT2D eigenvalue weighted by Gasteiger charge is -2.17. The van der Waals surface area contributed by atoms with Gasteiger partial charge in [-0.3, -0.25) is 0 Å². The van der Waals surface area contributed by atoms with E-state index in [4.69, 9.17) is 0 Å². The number of nitrogens with zero attached hydrogens (tertiary/aromatic N) is 3. The quantitative estimate of drug-likeness (QED) is 0.776. The van der Waals surface area contributed by atoms with Crippen LogP contribution >= 0.6 is 0 Å². The Morgan fingerprint density at radius 2 is 2.19 bits per heavy atom. The van der Waals surface area contributed by atoms with Crippen molar-refractivity contribution in [2.24, 2.45) is 0 Å². The number of hydrogen-bond donors (Lipinski definition) is 2. The van der Waals surface area contributed by atoms with Crippen LogP contribution in [0.25, 0.3) is 0 Å². The van der Waals surface area contributed by atoms with Gasteiger partial charge in [0, 0.05) is 12.6 Å². The number of aliphatic hydroxyl groups is 1. The fraction of sp³-hybridized carbons (Fsp3) is 0.818. The third-order valence-corrected chi connectivity index (χ3v) is 3.74. The summed E-state index contributed by atoms with van der Waals surface area (Å²) < 4.78 is 2.21. The van der Waals surface area contributed by atoms with E-state index < -0.39 is 0 Å². The minimum absolute atomic E-state index is 0.179. The van der Waals surface area contributed by atoms with Crippen molar-refractivity contribution in [2.45, 2.75) is 50.3 Å². The maximum Gasteiger partial charge on any atom is 0.150 e. The molecule has 1 aromatic heterocycles. The van der Waals surface area contributed by atoms with Crippen LogP contribution in [0, 0.1) is 0 Å². The van der Waals surface area contributed by atoms with E-state index in [1.165, 1.54) is 25.7 Å². The number of aliphatic hydroxyl groups excluding tert-OH is 1. The number of rotatable bonds is 2. The summed E-state index contributed by atoms with van der Waals surface area (Å²) in [6.45, 7) is 0.669. The van der Waals surface area contributed by atoms with Gasteiger partial charge < -0.3 is 15.0 Å². The Morgan fingerprint density at radius 3 is 2.88 bits per heavy atom. The van der Waals surface area contributed by atoms with Crippen molar-refractivity contribution in [2.75, 3.05) is 6.54 Å². The van der Waals surface area contributed by atoms with Gasteiger partial charge in [0.2, 0.25) is 0 Å². The van der Waals surface area contributed by atoms with Gasteiger partial charge in [0.05, 0.1) is 12.1 Å². The molecular formula is C11H18N4O. The molecule has 5 nitrogen and oxygen atoms in total. The third kappa shape index (κ3) is 1.74.